The van der Waals surface area contributed by atoms with E-state index in [0.717, 1.165) is 17.6 Å². The maximum atomic E-state index is 9.79. The molecule has 0 aromatic heterocycles. The monoisotopic (exact) mass is 210 g/mol. The molecule has 0 radical (unpaired) electrons. The third-order valence-electron chi connectivity index (χ3n) is 2.08. The van der Waals surface area contributed by atoms with E-state index in [0.29, 0.717) is 11.4 Å². The summed E-state index contributed by atoms with van der Waals surface area (Å²) in [4.78, 5) is 0. The van der Waals surface area contributed by atoms with Gasteiger partial charge in [-0.25, -0.2) is 0 Å². The van der Waals surface area contributed by atoms with Crippen LogP contribution >= 0.6 is 11.6 Å². The molecular formula is C12H15ClO. The summed E-state index contributed by atoms with van der Waals surface area (Å²) in [5.74, 6) is 0. The summed E-state index contributed by atoms with van der Waals surface area (Å²) in [5.41, 5.74) is 1.96. The molecule has 0 saturated carbocycles. The fourth-order valence-corrected chi connectivity index (χ4v) is 1.46. The van der Waals surface area contributed by atoms with Crippen molar-refractivity contribution in [2.75, 3.05) is 0 Å². The van der Waals surface area contributed by atoms with Crippen LogP contribution in [-0.2, 0) is 0 Å². The molecule has 1 atom stereocenters. The van der Waals surface area contributed by atoms with Gasteiger partial charge in [0.15, 0.2) is 0 Å². The predicted octanol–water partition coefficient (Wildman–Crippen LogP) is 3.73. The zero-order chi connectivity index (χ0) is 10.6. The summed E-state index contributed by atoms with van der Waals surface area (Å²) in [6, 6.07) is 7.33. The van der Waals surface area contributed by atoms with Crippen LogP contribution in [0.3, 0.4) is 0 Å². The Morgan fingerprint density at radius 3 is 2.86 bits per heavy atom. The number of halogens is 1. The van der Waals surface area contributed by atoms with Gasteiger partial charge in [0.1, 0.15) is 0 Å². The van der Waals surface area contributed by atoms with Crippen molar-refractivity contribution in [3.8, 4) is 0 Å². The second-order valence-corrected chi connectivity index (χ2v) is 4.00. The Morgan fingerprint density at radius 2 is 2.29 bits per heavy atom. The summed E-state index contributed by atoms with van der Waals surface area (Å²) >= 11 is 5.82. The van der Waals surface area contributed by atoms with Crippen molar-refractivity contribution in [1.82, 2.24) is 0 Å². The van der Waals surface area contributed by atoms with E-state index in [2.05, 4.69) is 6.58 Å². The molecule has 0 aliphatic carbocycles. The fourth-order valence-electron chi connectivity index (χ4n) is 1.26. The summed E-state index contributed by atoms with van der Waals surface area (Å²) < 4.78 is 0. The van der Waals surface area contributed by atoms with Crippen LogP contribution in [0.25, 0.3) is 0 Å². The maximum Gasteiger partial charge on any atom is 0.0793 e. The Bertz CT molecular complexity index is 320. The topological polar surface area (TPSA) is 20.2 Å². The molecule has 0 saturated heterocycles. The van der Waals surface area contributed by atoms with Crippen LogP contribution in [0.5, 0.6) is 0 Å². The molecule has 1 nitrogen and oxygen atoms in total. The normalized spacial score (nSPS) is 12.5. The highest BCUT2D eigenvalue weighted by Gasteiger charge is 2.07. The first kappa shape index (κ1) is 11.3. The highest BCUT2D eigenvalue weighted by atomic mass is 35.5. The molecule has 14 heavy (non-hydrogen) atoms. The molecule has 0 bridgehead atoms. The van der Waals surface area contributed by atoms with Gasteiger partial charge in [-0.05, 0) is 37.5 Å². The first-order chi connectivity index (χ1) is 6.59. The molecule has 1 N–H and O–H groups in total. The highest BCUT2D eigenvalue weighted by Crippen LogP contribution is 2.22. The standard InChI is InChI=1S/C12H15ClO/c1-9(2)6-7-12(14)10-4-3-5-11(13)8-10/h3-5,8,12,14H,1,6-7H2,2H3. The minimum absolute atomic E-state index is 0.439. The summed E-state index contributed by atoms with van der Waals surface area (Å²) in [7, 11) is 0. The molecule has 1 aromatic carbocycles. The van der Waals surface area contributed by atoms with Gasteiger partial charge in [0, 0.05) is 5.02 Å². The average molecular weight is 211 g/mol. The number of aliphatic hydroxyl groups is 1. The molecule has 0 amide bonds. The second kappa shape index (κ2) is 5.18. The number of rotatable bonds is 4. The Morgan fingerprint density at radius 1 is 1.57 bits per heavy atom. The van der Waals surface area contributed by atoms with E-state index in [4.69, 9.17) is 11.6 Å². The van der Waals surface area contributed by atoms with Gasteiger partial charge < -0.3 is 5.11 Å². The molecule has 0 fully saturated rings. The van der Waals surface area contributed by atoms with Crippen LogP contribution in [0, 0.1) is 0 Å². The predicted molar refractivity (Wildman–Crippen MR) is 60.5 cm³/mol. The number of hydrogen-bond donors (Lipinski definition) is 1. The first-order valence-corrected chi connectivity index (χ1v) is 5.05. The van der Waals surface area contributed by atoms with Crippen molar-refractivity contribution in [2.24, 2.45) is 0 Å². The van der Waals surface area contributed by atoms with Gasteiger partial charge in [0.25, 0.3) is 0 Å². The van der Waals surface area contributed by atoms with E-state index in [1.165, 1.54) is 0 Å². The lowest BCUT2D eigenvalue weighted by Gasteiger charge is -2.10. The molecule has 0 aliphatic rings. The summed E-state index contributed by atoms with van der Waals surface area (Å²) in [6.45, 7) is 5.76. The van der Waals surface area contributed by atoms with Gasteiger partial charge in [-0.1, -0.05) is 29.3 Å². The Hall–Kier alpha value is -0.790. The zero-order valence-corrected chi connectivity index (χ0v) is 9.09. The molecular weight excluding hydrogens is 196 g/mol. The molecule has 1 unspecified atom stereocenters. The minimum atomic E-state index is -0.439. The smallest absolute Gasteiger partial charge is 0.0793 e. The SMILES string of the molecule is C=C(C)CCC(O)c1cccc(Cl)c1. The average Bonchev–Trinajstić information content (AvgIpc) is 2.14. The van der Waals surface area contributed by atoms with Gasteiger partial charge in [0.2, 0.25) is 0 Å². The Kier molecular flexibility index (Phi) is 4.18. The largest absolute Gasteiger partial charge is 0.388 e. The maximum absolute atomic E-state index is 9.79. The van der Waals surface area contributed by atoms with Crippen molar-refractivity contribution in [3.63, 3.8) is 0 Å². The van der Waals surface area contributed by atoms with Gasteiger partial charge in [-0.15, -0.1) is 6.58 Å². The minimum Gasteiger partial charge on any atom is -0.388 e. The van der Waals surface area contributed by atoms with Crippen LogP contribution in [0.4, 0.5) is 0 Å². The van der Waals surface area contributed by atoms with Crippen molar-refractivity contribution >= 4 is 11.6 Å². The number of hydrogen-bond acceptors (Lipinski definition) is 1. The lowest BCUT2D eigenvalue weighted by Crippen LogP contribution is -1.97. The van der Waals surface area contributed by atoms with Gasteiger partial charge in [-0.3, -0.25) is 0 Å². The third-order valence-corrected chi connectivity index (χ3v) is 2.31. The lowest BCUT2D eigenvalue weighted by molar-refractivity contribution is 0.168. The van der Waals surface area contributed by atoms with Crippen molar-refractivity contribution < 1.29 is 5.11 Å². The van der Waals surface area contributed by atoms with Crippen LogP contribution in [0.15, 0.2) is 36.4 Å². The highest BCUT2D eigenvalue weighted by molar-refractivity contribution is 6.30. The molecule has 1 rings (SSSR count). The molecule has 1 aromatic rings. The van der Waals surface area contributed by atoms with Crippen LogP contribution in [0.2, 0.25) is 5.02 Å². The second-order valence-electron chi connectivity index (χ2n) is 3.57. The van der Waals surface area contributed by atoms with Crippen LogP contribution in [-0.4, -0.2) is 5.11 Å². The van der Waals surface area contributed by atoms with Crippen molar-refractivity contribution in [1.29, 1.82) is 0 Å². The molecule has 76 valence electrons. The van der Waals surface area contributed by atoms with Crippen molar-refractivity contribution in [2.45, 2.75) is 25.9 Å². The molecule has 0 spiro atoms. The Labute approximate surface area is 90.0 Å². The van der Waals surface area contributed by atoms with Crippen LogP contribution < -0.4 is 0 Å². The van der Waals surface area contributed by atoms with E-state index >= 15 is 0 Å². The lowest BCUT2D eigenvalue weighted by atomic mass is 10.0. The zero-order valence-electron chi connectivity index (χ0n) is 8.33. The quantitative estimate of drug-likeness (QED) is 0.751. The number of allylic oxidation sites excluding steroid dienone is 1. The summed E-state index contributed by atoms with van der Waals surface area (Å²) in [6.07, 6.45) is 1.11. The number of aliphatic hydroxyl groups excluding tert-OH is 1. The first-order valence-electron chi connectivity index (χ1n) is 4.67. The van der Waals surface area contributed by atoms with Crippen LogP contribution in [0.1, 0.15) is 31.4 Å². The van der Waals surface area contributed by atoms with E-state index in [9.17, 15) is 5.11 Å². The molecule has 0 heterocycles. The van der Waals surface area contributed by atoms with E-state index in [1.807, 2.05) is 19.1 Å². The van der Waals surface area contributed by atoms with Gasteiger partial charge in [-0.2, -0.15) is 0 Å². The van der Waals surface area contributed by atoms with Gasteiger partial charge in [0.05, 0.1) is 6.10 Å². The Balaban J connectivity index is 2.60. The number of benzene rings is 1. The molecule has 2 heteroatoms. The van der Waals surface area contributed by atoms with Gasteiger partial charge >= 0.3 is 0 Å². The third kappa shape index (κ3) is 3.52. The van der Waals surface area contributed by atoms with E-state index in [-0.39, 0.29) is 0 Å². The van der Waals surface area contributed by atoms with E-state index in [1.54, 1.807) is 12.1 Å². The molecule has 0 aliphatic heterocycles. The van der Waals surface area contributed by atoms with Crippen molar-refractivity contribution in [3.05, 3.63) is 47.0 Å². The fraction of sp³-hybridized carbons (Fsp3) is 0.333. The summed E-state index contributed by atoms with van der Waals surface area (Å²) in [5, 5.41) is 10.5. The van der Waals surface area contributed by atoms with E-state index < -0.39 is 6.10 Å².